The van der Waals surface area contributed by atoms with Crippen molar-refractivity contribution in [2.45, 2.75) is 19.9 Å². The van der Waals surface area contributed by atoms with Gasteiger partial charge in [0.1, 0.15) is 5.82 Å². The van der Waals surface area contributed by atoms with E-state index in [1.54, 1.807) is 28.0 Å². The fourth-order valence-electron chi connectivity index (χ4n) is 4.57. The average molecular weight is 475 g/mol. The van der Waals surface area contributed by atoms with Crippen molar-refractivity contribution in [3.63, 3.8) is 0 Å². The predicted octanol–water partition coefficient (Wildman–Crippen LogP) is 4.13. The molecule has 0 bridgehead atoms. The molecule has 1 saturated heterocycles. The highest BCUT2D eigenvalue weighted by atomic mass is 35.5. The topological polar surface area (TPSA) is 86.4 Å². The van der Waals surface area contributed by atoms with E-state index < -0.39 is 5.92 Å². The number of anilines is 1. The lowest BCUT2D eigenvalue weighted by Gasteiger charge is -2.24. The van der Waals surface area contributed by atoms with Gasteiger partial charge in [-0.3, -0.25) is 14.4 Å². The molecule has 4 aromatic rings. The van der Waals surface area contributed by atoms with Crippen LogP contribution in [0.4, 0.5) is 5.69 Å². The van der Waals surface area contributed by atoms with Gasteiger partial charge in [0.05, 0.1) is 29.1 Å². The summed E-state index contributed by atoms with van der Waals surface area (Å²) in [4.78, 5) is 49.3. The molecule has 5 rings (SSSR count). The van der Waals surface area contributed by atoms with E-state index in [2.05, 4.69) is 9.97 Å². The normalized spacial score (nSPS) is 15.9. The number of nitrogens with zero attached hydrogens (tertiary/aromatic N) is 3. The zero-order chi connectivity index (χ0) is 23.8. The van der Waals surface area contributed by atoms with Crippen LogP contribution in [0.1, 0.15) is 19.2 Å². The molecule has 172 valence electrons. The summed E-state index contributed by atoms with van der Waals surface area (Å²) < 4.78 is 0. The summed E-state index contributed by atoms with van der Waals surface area (Å²) in [7, 11) is 0. The van der Waals surface area contributed by atoms with Crippen molar-refractivity contribution in [3.05, 3.63) is 81.9 Å². The molecule has 1 atom stereocenters. The maximum absolute atomic E-state index is 13.4. The van der Waals surface area contributed by atoms with Crippen molar-refractivity contribution in [1.29, 1.82) is 0 Å². The number of nitrogens with one attached hydrogen (secondary N) is 1. The number of benzene rings is 3. The van der Waals surface area contributed by atoms with Gasteiger partial charge in [-0.25, -0.2) is 4.98 Å². The van der Waals surface area contributed by atoms with Crippen LogP contribution < -0.4 is 10.5 Å². The smallest absolute Gasteiger partial charge is 0.258 e. The van der Waals surface area contributed by atoms with E-state index in [1.807, 2.05) is 49.4 Å². The number of H-pyrrole nitrogens is 1. The number of hydrogen-bond donors (Lipinski definition) is 1. The number of aromatic nitrogens is 2. The molecule has 2 amide bonds. The quantitative estimate of drug-likeness (QED) is 0.471. The molecular weight excluding hydrogens is 452 g/mol. The maximum atomic E-state index is 13.4. The van der Waals surface area contributed by atoms with Crippen molar-refractivity contribution in [2.24, 2.45) is 5.92 Å². The minimum atomic E-state index is -0.465. The highest BCUT2D eigenvalue weighted by Crippen LogP contribution is 2.32. The van der Waals surface area contributed by atoms with Crippen molar-refractivity contribution in [1.82, 2.24) is 14.9 Å². The lowest BCUT2D eigenvalue weighted by atomic mass is 10.1. The van der Waals surface area contributed by atoms with Gasteiger partial charge >= 0.3 is 0 Å². The minimum absolute atomic E-state index is 0.0716. The Morgan fingerprint density at radius 1 is 1.12 bits per heavy atom. The van der Waals surface area contributed by atoms with Gasteiger partial charge in [-0.15, -0.1) is 0 Å². The number of carbonyl (C=O) groups excluding carboxylic acids is 2. The number of amides is 2. The van der Waals surface area contributed by atoms with Crippen molar-refractivity contribution >= 4 is 50.8 Å². The molecule has 2 heterocycles. The van der Waals surface area contributed by atoms with E-state index >= 15 is 0 Å². The Morgan fingerprint density at radius 2 is 1.91 bits per heavy atom. The highest BCUT2D eigenvalue weighted by molar-refractivity contribution is 6.31. The Labute approximate surface area is 201 Å². The third-order valence-corrected chi connectivity index (χ3v) is 6.52. The second kappa shape index (κ2) is 8.91. The SMILES string of the molecule is CCN(Cc1nc2cc(Cl)ccc2c(=O)[nH]1)C(=O)[C@H]1CC(=O)N(c2cccc3ccccc23)C1. The third-order valence-electron chi connectivity index (χ3n) is 6.28. The van der Waals surface area contributed by atoms with Gasteiger partial charge in [0.2, 0.25) is 11.8 Å². The maximum Gasteiger partial charge on any atom is 0.258 e. The van der Waals surface area contributed by atoms with E-state index in [0.29, 0.717) is 34.8 Å². The first-order chi connectivity index (χ1) is 16.4. The largest absolute Gasteiger partial charge is 0.335 e. The number of hydrogen-bond acceptors (Lipinski definition) is 4. The van der Waals surface area contributed by atoms with Crippen LogP contribution in [-0.4, -0.2) is 39.8 Å². The molecule has 0 radical (unpaired) electrons. The molecule has 1 aliphatic heterocycles. The first-order valence-electron chi connectivity index (χ1n) is 11.2. The van der Waals surface area contributed by atoms with E-state index in [1.165, 1.54) is 0 Å². The Morgan fingerprint density at radius 3 is 2.74 bits per heavy atom. The van der Waals surface area contributed by atoms with Gasteiger partial charge in [-0.1, -0.05) is 48.0 Å². The highest BCUT2D eigenvalue weighted by Gasteiger charge is 2.37. The predicted molar refractivity (Wildman–Crippen MR) is 133 cm³/mol. The zero-order valence-electron chi connectivity index (χ0n) is 18.6. The molecule has 1 fully saturated rings. The molecule has 1 N–H and O–H groups in total. The van der Waals surface area contributed by atoms with Crippen LogP contribution in [-0.2, 0) is 16.1 Å². The van der Waals surface area contributed by atoms with Crippen molar-refractivity contribution < 1.29 is 9.59 Å². The van der Waals surface area contributed by atoms with E-state index in [-0.39, 0.29) is 30.3 Å². The fourth-order valence-corrected chi connectivity index (χ4v) is 4.74. The summed E-state index contributed by atoms with van der Waals surface area (Å²) in [5, 5.41) is 2.95. The van der Waals surface area contributed by atoms with Crippen LogP contribution in [0.2, 0.25) is 5.02 Å². The molecule has 34 heavy (non-hydrogen) atoms. The Bertz CT molecular complexity index is 1480. The number of fused-ring (bicyclic) bond motifs is 2. The van der Waals surface area contributed by atoms with Gasteiger partial charge < -0.3 is 14.8 Å². The van der Waals surface area contributed by atoms with Gasteiger partial charge in [-0.05, 0) is 36.6 Å². The molecule has 1 aliphatic rings. The Kier molecular flexibility index (Phi) is 5.79. The van der Waals surface area contributed by atoms with Crippen LogP contribution >= 0.6 is 11.6 Å². The molecule has 7 nitrogen and oxygen atoms in total. The molecular formula is C26H23ClN4O3. The van der Waals surface area contributed by atoms with E-state index in [0.717, 1.165) is 16.5 Å². The van der Waals surface area contributed by atoms with Crippen LogP contribution in [0.5, 0.6) is 0 Å². The second-order valence-electron chi connectivity index (χ2n) is 8.43. The van der Waals surface area contributed by atoms with Gasteiger partial charge in [-0.2, -0.15) is 0 Å². The fraction of sp³-hybridized carbons (Fsp3) is 0.231. The molecule has 0 spiro atoms. The summed E-state index contributed by atoms with van der Waals surface area (Å²) in [5.74, 6) is -0.289. The minimum Gasteiger partial charge on any atom is -0.335 e. The summed E-state index contributed by atoms with van der Waals surface area (Å²) in [6, 6.07) is 18.6. The average Bonchev–Trinajstić information content (AvgIpc) is 3.22. The van der Waals surface area contributed by atoms with Gasteiger partial charge in [0.25, 0.3) is 5.56 Å². The Balaban J connectivity index is 1.38. The lowest BCUT2D eigenvalue weighted by Crippen LogP contribution is -2.37. The number of carbonyl (C=O) groups is 2. The monoisotopic (exact) mass is 474 g/mol. The molecule has 0 aliphatic carbocycles. The zero-order valence-corrected chi connectivity index (χ0v) is 19.4. The van der Waals surface area contributed by atoms with Crippen LogP contribution in [0.25, 0.3) is 21.7 Å². The lowest BCUT2D eigenvalue weighted by molar-refractivity contribution is -0.136. The van der Waals surface area contributed by atoms with Gasteiger partial charge in [0.15, 0.2) is 0 Å². The number of halogens is 1. The number of rotatable bonds is 5. The second-order valence-corrected chi connectivity index (χ2v) is 8.87. The summed E-state index contributed by atoms with van der Waals surface area (Å²) in [6.07, 6.45) is 0.149. The van der Waals surface area contributed by atoms with Crippen LogP contribution in [0.3, 0.4) is 0 Å². The van der Waals surface area contributed by atoms with Crippen molar-refractivity contribution in [3.8, 4) is 0 Å². The first kappa shape index (κ1) is 22.1. The molecule has 0 unspecified atom stereocenters. The van der Waals surface area contributed by atoms with Gasteiger partial charge in [0, 0.05) is 29.9 Å². The molecule has 1 aromatic heterocycles. The summed E-state index contributed by atoms with van der Waals surface area (Å²) in [6.45, 7) is 2.76. The number of aromatic amines is 1. The standard InChI is InChI=1S/C26H23ClN4O3/c1-2-30(15-23-28-21-13-18(27)10-11-20(21)25(33)29-23)26(34)17-12-24(32)31(14-17)22-9-5-7-16-6-3-4-8-19(16)22/h3-11,13,17H,2,12,14-15H2,1H3,(H,28,29,33)/t17-/m0/s1. The molecule has 3 aromatic carbocycles. The summed E-state index contributed by atoms with van der Waals surface area (Å²) in [5.41, 5.74) is 1.02. The van der Waals surface area contributed by atoms with E-state index in [4.69, 9.17) is 11.6 Å². The van der Waals surface area contributed by atoms with Crippen LogP contribution in [0, 0.1) is 5.92 Å². The molecule has 0 saturated carbocycles. The molecule has 8 heteroatoms. The van der Waals surface area contributed by atoms with Crippen LogP contribution in [0.15, 0.2) is 65.5 Å². The first-order valence-corrected chi connectivity index (χ1v) is 11.6. The summed E-state index contributed by atoms with van der Waals surface area (Å²) >= 11 is 6.05. The Hall–Kier alpha value is -3.71. The van der Waals surface area contributed by atoms with E-state index in [9.17, 15) is 14.4 Å². The van der Waals surface area contributed by atoms with Crippen molar-refractivity contribution in [2.75, 3.05) is 18.0 Å². The third kappa shape index (κ3) is 4.03.